The van der Waals surface area contributed by atoms with Crippen molar-refractivity contribution in [2.45, 2.75) is 19.5 Å². The maximum absolute atomic E-state index is 5.91. The van der Waals surface area contributed by atoms with E-state index in [1.807, 2.05) is 19.1 Å². The third kappa shape index (κ3) is 2.81. The zero-order valence-electron chi connectivity index (χ0n) is 11.0. The maximum Gasteiger partial charge on any atom is 0.105 e. The van der Waals surface area contributed by atoms with Crippen LogP contribution in [0.25, 0.3) is 0 Å². The largest absolute Gasteiger partial charge is 0.469 e. The Morgan fingerprint density at radius 3 is 2.50 bits per heavy atom. The molecule has 0 aliphatic heterocycles. The Morgan fingerprint density at radius 1 is 1.22 bits per heavy atom. The fourth-order valence-corrected chi connectivity index (χ4v) is 2.20. The van der Waals surface area contributed by atoms with Crippen molar-refractivity contribution in [2.75, 3.05) is 13.6 Å². The molecule has 96 valence electrons. The lowest BCUT2D eigenvalue weighted by Crippen LogP contribution is -2.30. The van der Waals surface area contributed by atoms with Crippen molar-refractivity contribution in [3.63, 3.8) is 0 Å². The molecular weight excluding hydrogens is 224 g/mol. The highest BCUT2D eigenvalue weighted by molar-refractivity contribution is 5.21. The first kappa shape index (κ1) is 12.9. The Bertz CT molecular complexity index is 478. The average molecular weight is 244 g/mol. The van der Waals surface area contributed by atoms with Gasteiger partial charge in [0.25, 0.3) is 0 Å². The number of nitrogens with two attached hydrogens (primary N) is 1. The summed E-state index contributed by atoms with van der Waals surface area (Å²) in [5.74, 6) is 0.977. The van der Waals surface area contributed by atoms with E-state index in [2.05, 4.69) is 36.2 Å². The molecule has 0 fully saturated rings. The van der Waals surface area contributed by atoms with Gasteiger partial charge in [0.2, 0.25) is 0 Å². The van der Waals surface area contributed by atoms with Crippen molar-refractivity contribution < 1.29 is 4.42 Å². The van der Waals surface area contributed by atoms with Crippen LogP contribution in [0.5, 0.6) is 0 Å². The standard InChI is InChI=1S/C15H20N2O/c1-12-14(8-9-18-12)11-17(2)15(10-16)13-6-4-3-5-7-13/h3-9,15H,10-11,16H2,1-2H3. The highest BCUT2D eigenvalue weighted by Gasteiger charge is 2.16. The predicted molar refractivity (Wildman–Crippen MR) is 73.1 cm³/mol. The van der Waals surface area contributed by atoms with Crippen LogP contribution < -0.4 is 5.73 Å². The van der Waals surface area contributed by atoms with Crippen molar-refractivity contribution in [2.24, 2.45) is 5.73 Å². The number of rotatable bonds is 5. The number of aryl methyl sites for hydroxylation is 1. The monoisotopic (exact) mass is 244 g/mol. The molecule has 0 saturated heterocycles. The average Bonchev–Trinajstić information content (AvgIpc) is 2.77. The molecule has 2 rings (SSSR count). The molecule has 3 nitrogen and oxygen atoms in total. The summed E-state index contributed by atoms with van der Waals surface area (Å²) in [6.07, 6.45) is 1.73. The number of benzene rings is 1. The van der Waals surface area contributed by atoms with Crippen LogP contribution in [0.1, 0.15) is 22.9 Å². The lowest BCUT2D eigenvalue weighted by atomic mass is 10.1. The smallest absolute Gasteiger partial charge is 0.105 e. The van der Waals surface area contributed by atoms with E-state index in [0.29, 0.717) is 6.54 Å². The van der Waals surface area contributed by atoms with E-state index in [9.17, 15) is 0 Å². The van der Waals surface area contributed by atoms with Crippen molar-refractivity contribution in [3.8, 4) is 0 Å². The molecule has 1 heterocycles. The van der Waals surface area contributed by atoms with Crippen LogP contribution in [0.4, 0.5) is 0 Å². The van der Waals surface area contributed by atoms with Gasteiger partial charge < -0.3 is 10.2 Å². The van der Waals surface area contributed by atoms with Gasteiger partial charge in [0.05, 0.1) is 6.26 Å². The number of nitrogens with zero attached hydrogens (tertiary/aromatic N) is 1. The molecule has 0 saturated carbocycles. The van der Waals surface area contributed by atoms with Crippen LogP contribution in [0.2, 0.25) is 0 Å². The van der Waals surface area contributed by atoms with Crippen molar-refractivity contribution in [1.29, 1.82) is 0 Å². The molecule has 0 spiro atoms. The quantitative estimate of drug-likeness (QED) is 0.879. The summed E-state index contributed by atoms with van der Waals surface area (Å²) < 4.78 is 5.33. The molecule has 2 aromatic rings. The zero-order chi connectivity index (χ0) is 13.0. The van der Waals surface area contributed by atoms with Crippen LogP contribution in [0.15, 0.2) is 47.1 Å². The van der Waals surface area contributed by atoms with Crippen LogP contribution in [-0.4, -0.2) is 18.5 Å². The Kier molecular flexibility index (Phi) is 4.18. The summed E-state index contributed by atoms with van der Waals surface area (Å²) in [5.41, 5.74) is 8.38. The summed E-state index contributed by atoms with van der Waals surface area (Å²) in [6.45, 7) is 3.44. The van der Waals surface area contributed by atoms with Gasteiger partial charge in [0.1, 0.15) is 5.76 Å². The Labute approximate surface area is 108 Å². The Balaban J connectivity index is 2.11. The fraction of sp³-hybridized carbons (Fsp3) is 0.333. The summed E-state index contributed by atoms with van der Waals surface area (Å²) in [5, 5.41) is 0. The zero-order valence-corrected chi connectivity index (χ0v) is 11.0. The molecule has 0 bridgehead atoms. The molecule has 0 aliphatic carbocycles. The fourth-order valence-electron chi connectivity index (χ4n) is 2.20. The van der Waals surface area contributed by atoms with E-state index in [1.54, 1.807) is 6.26 Å². The van der Waals surface area contributed by atoms with Crippen molar-refractivity contribution in [3.05, 3.63) is 59.5 Å². The van der Waals surface area contributed by atoms with Gasteiger partial charge in [0, 0.05) is 24.7 Å². The van der Waals surface area contributed by atoms with Gasteiger partial charge in [-0.1, -0.05) is 30.3 Å². The number of hydrogen-bond donors (Lipinski definition) is 1. The minimum Gasteiger partial charge on any atom is -0.469 e. The van der Waals surface area contributed by atoms with E-state index in [1.165, 1.54) is 11.1 Å². The minimum atomic E-state index is 0.237. The topological polar surface area (TPSA) is 42.4 Å². The number of likely N-dealkylation sites (N-methyl/N-ethyl adjacent to an activating group) is 1. The second kappa shape index (κ2) is 5.85. The molecule has 1 aromatic carbocycles. The highest BCUT2D eigenvalue weighted by atomic mass is 16.3. The molecule has 1 unspecified atom stereocenters. The molecule has 0 aliphatic rings. The van der Waals surface area contributed by atoms with Crippen LogP contribution in [-0.2, 0) is 6.54 Å². The molecule has 2 N–H and O–H groups in total. The number of furan rings is 1. The normalized spacial score (nSPS) is 12.9. The molecule has 18 heavy (non-hydrogen) atoms. The van der Waals surface area contributed by atoms with E-state index >= 15 is 0 Å². The molecule has 1 aromatic heterocycles. The molecule has 0 radical (unpaired) electrons. The first-order valence-corrected chi connectivity index (χ1v) is 6.20. The van der Waals surface area contributed by atoms with Crippen molar-refractivity contribution >= 4 is 0 Å². The molecule has 1 atom stereocenters. The van der Waals surface area contributed by atoms with E-state index in [4.69, 9.17) is 10.2 Å². The van der Waals surface area contributed by atoms with Gasteiger partial charge in [-0.05, 0) is 25.6 Å². The first-order chi connectivity index (χ1) is 8.72. The lowest BCUT2D eigenvalue weighted by Gasteiger charge is -2.27. The first-order valence-electron chi connectivity index (χ1n) is 6.20. The van der Waals surface area contributed by atoms with Crippen molar-refractivity contribution in [1.82, 2.24) is 4.90 Å². The maximum atomic E-state index is 5.91. The third-order valence-corrected chi connectivity index (χ3v) is 3.33. The van der Waals surface area contributed by atoms with Gasteiger partial charge >= 0.3 is 0 Å². The van der Waals surface area contributed by atoms with Gasteiger partial charge in [-0.3, -0.25) is 4.90 Å². The predicted octanol–water partition coefficient (Wildman–Crippen LogP) is 2.72. The van der Waals surface area contributed by atoms with Gasteiger partial charge in [-0.25, -0.2) is 0 Å². The van der Waals surface area contributed by atoms with Crippen LogP contribution in [0, 0.1) is 6.92 Å². The van der Waals surface area contributed by atoms with Gasteiger partial charge in [-0.15, -0.1) is 0 Å². The minimum absolute atomic E-state index is 0.237. The van der Waals surface area contributed by atoms with E-state index in [0.717, 1.165) is 12.3 Å². The summed E-state index contributed by atoms with van der Waals surface area (Å²) >= 11 is 0. The van der Waals surface area contributed by atoms with Gasteiger partial charge in [0.15, 0.2) is 0 Å². The summed E-state index contributed by atoms with van der Waals surface area (Å²) in [4.78, 5) is 2.26. The SMILES string of the molecule is Cc1occc1CN(C)C(CN)c1ccccc1. The van der Waals surface area contributed by atoms with E-state index < -0.39 is 0 Å². The Hall–Kier alpha value is -1.58. The second-order valence-corrected chi connectivity index (χ2v) is 4.58. The molecule has 0 amide bonds. The summed E-state index contributed by atoms with van der Waals surface area (Å²) in [7, 11) is 2.09. The van der Waals surface area contributed by atoms with Gasteiger partial charge in [-0.2, -0.15) is 0 Å². The van der Waals surface area contributed by atoms with E-state index in [-0.39, 0.29) is 6.04 Å². The summed E-state index contributed by atoms with van der Waals surface area (Å²) in [6, 6.07) is 12.6. The number of hydrogen-bond acceptors (Lipinski definition) is 3. The van der Waals surface area contributed by atoms with Crippen LogP contribution >= 0.6 is 0 Å². The third-order valence-electron chi connectivity index (χ3n) is 3.33. The molecular formula is C15H20N2O. The Morgan fingerprint density at radius 2 is 1.94 bits per heavy atom. The highest BCUT2D eigenvalue weighted by Crippen LogP contribution is 2.21. The molecule has 3 heteroatoms. The van der Waals surface area contributed by atoms with Crippen LogP contribution in [0.3, 0.4) is 0 Å². The lowest BCUT2D eigenvalue weighted by molar-refractivity contribution is 0.240. The second-order valence-electron chi connectivity index (χ2n) is 4.58.